The van der Waals surface area contributed by atoms with Crippen LogP contribution in [0.4, 0.5) is 0 Å². The Morgan fingerprint density at radius 3 is 2.44 bits per heavy atom. The summed E-state index contributed by atoms with van der Waals surface area (Å²) in [6.45, 7) is 4.27. The molecule has 2 aliphatic heterocycles. The largest absolute Gasteiger partial charge is 0.350 e. The lowest BCUT2D eigenvalue weighted by molar-refractivity contribution is -0.0956. The van der Waals surface area contributed by atoms with Crippen molar-refractivity contribution in [3.63, 3.8) is 0 Å². The van der Waals surface area contributed by atoms with Crippen LogP contribution in [-0.2, 0) is 19.3 Å². The quantitative estimate of drug-likeness (QED) is 0.797. The molecule has 0 saturated carbocycles. The predicted octanol–water partition coefficient (Wildman–Crippen LogP) is 2.10. The van der Waals surface area contributed by atoms with Crippen molar-refractivity contribution in [1.82, 2.24) is 4.90 Å². The number of ether oxygens (including phenoxy) is 2. The monoisotopic (exact) mass is 367 g/mol. The molecule has 138 valence electrons. The predicted molar refractivity (Wildman–Crippen MR) is 93.1 cm³/mol. The van der Waals surface area contributed by atoms with E-state index in [0.717, 1.165) is 12.8 Å². The topological polar surface area (TPSA) is 72.9 Å². The number of amides is 1. The van der Waals surface area contributed by atoms with Crippen LogP contribution in [0.15, 0.2) is 29.2 Å². The van der Waals surface area contributed by atoms with Crippen LogP contribution in [0, 0.1) is 5.92 Å². The minimum absolute atomic E-state index is 0.0513. The third-order valence-electron chi connectivity index (χ3n) is 4.78. The third-order valence-corrected chi connectivity index (χ3v) is 6.76. The van der Waals surface area contributed by atoms with Crippen molar-refractivity contribution in [3.05, 3.63) is 29.8 Å². The van der Waals surface area contributed by atoms with E-state index in [4.69, 9.17) is 9.47 Å². The molecule has 6 nitrogen and oxygen atoms in total. The number of benzene rings is 1. The van der Waals surface area contributed by atoms with E-state index >= 15 is 0 Å². The fourth-order valence-electron chi connectivity index (χ4n) is 3.49. The molecule has 0 N–H and O–H groups in total. The fraction of sp³-hybridized carbons (Fsp3) is 0.611. The Balaban J connectivity index is 1.72. The molecule has 25 heavy (non-hydrogen) atoms. The number of piperidine rings is 1. The number of likely N-dealkylation sites (tertiary alicyclic amines) is 1. The molecule has 0 aliphatic carbocycles. The van der Waals surface area contributed by atoms with Crippen molar-refractivity contribution in [1.29, 1.82) is 0 Å². The summed E-state index contributed by atoms with van der Waals surface area (Å²) in [6, 6.07) is 6.52. The molecule has 0 atom stereocenters. The van der Waals surface area contributed by atoms with Crippen LogP contribution >= 0.6 is 0 Å². The molecule has 1 amide bonds. The van der Waals surface area contributed by atoms with Crippen molar-refractivity contribution in [3.8, 4) is 0 Å². The highest BCUT2D eigenvalue weighted by atomic mass is 32.2. The SMILES string of the molecule is CCCS(=O)(=O)c1ccccc1C(=O)N1CCC(C2OCCO2)CC1. The van der Waals surface area contributed by atoms with E-state index < -0.39 is 9.84 Å². The van der Waals surface area contributed by atoms with Crippen LogP contribution in [0.3, 0.4) is 0 Å². The van der Waals surface area contributed by atoms with Gasteiger partial charge in [0.05, 0.1) is 29.4 Å². The van der Waals surface area contributed by atoms with Gasteiger partial charge in [-0.25, -0.2) is 8.42 Å². The summed E-state index contributed by atoms with van der Waals surface area (Å²) in [6.07, 6.45) is 1.98. The molecule has 0 aromatic heterocycles. The lowest BCUT2D eigenvalue weighted by Crippen LogP contribution is -2.41. The molecule has 0 spiro atoms. The number of sulfone groups is 1. The van der Waals surface area contributed by atoms with Crippen LogP contribution in [-0.4, -0.2) is 57.6 Å². The summed E-state index contributed by atoms with van der Waals surface area (Å²) in [5.74, 6) is 0.142. The zero-order valence-corrected chi connectivity index (χ0v) is 15.3. The number of hydrogen-bond donors (Lipinski definition) is 0. The number of carbonyl (C=O) groups excluding carboxylic acids is 1. The zero-order valence-electron chi connectivity index (χ0n) is 14.5. The summed E-state index contributed by atoms with van der Waals surface area (Å²) < 4.78 is 36.0. The molecule has 0 radical (unpaired) electrons. The van der Waals surface area contributed by atoms with Gasteiger partial charge in [0, 0.05) is 19.0 Å². The summed E-state index contributed by atoms with van der Waals surface area (Å²) >= 11 is 0. The second-order valence-electron chi connectivity index (χ2n) is 6.55. The van der Waals surface area contributed by atoms with Gasteiger partial charge in [0.1, 0.15) is 0 Å². The van der Waals surface area contributed by atoms with Gasteiger partial charge in [-0.2, -0.15) is 0 Å². The zero-order chi connectivity index (χ0) is 17.9. The van der Waals surface area contributed by atoms with E-state index in [2.05, 4.69) is 0 Å². The van der Waals surface area contributed by atoms with Gasteiger partial charge in [0.15, 0.2) is 16.1 Å². The first-order valence-corrected chi connectivity index (χ1v) is 10.5. The summed E-state index contributed by atoms with van der Waals surface area (Å²) in [5, 5.41) is 0. The number of rotatable bonds is 5. The minimum atomic E-state index is -3.44. The molecule has 7 heteroatoms. The van der Waals surface area contributed by atoms with Crippen LogP contribution in [0.1, 0.15) is 36.5 Å². The Morgan fingerprint density at radius 1 is 1.16 bits per heavy atom. The van der Waals surface area contributed by atoms with Gasteiger partial charge in [0.25, 0.3) is 5.91 Å². The molecule has 2 fully saturated rings. The van der Waals surface area contributed by atoms with Gasteiger partial charge in [-0.05, 0) is 31.4 Å². The highest BCUT2D eigenvalue weighted by Gasteiger charge is 2.33. The molecule has 3 rings (SSSR count). The first kappa shape index (κ1) is 18.4. The van der Waals surface area contributed by atoms with Crippen LogP contribution in [0.5, 0.6) is 0 Å². The average Bonchev–Trinajstić information content (AvgIpc) is 3.16. The second kappa shape index (κ2) is 7.85. The molecule has 2 heterocycles. The number of nitrogens with zero attached hydrogens (tertiary/aromatic N) is 1. The smallest absolute Gasteiger partial charge is 0.255 e. The Hall–Kier alpha value is -1.44. The van der Waals surface area contributed by atoms with Crippen molar-refractivity contribution >= 4 is 15.7 Å². The Labute approximate surface area is 149 Å². The van der Waals surface area contributed by atoms with E-state index in [9.17, 15) is 13.2 Å². The van der Waals surface area contributed by atoms with Gasteiger partial charge in [-0.15, -0.1) is 0 Å². The van der Waals surface area contributed by atoms with Crippen molar-refractivity contribution in [2.45, 2.75) is 37.4 Å². The highest BCUT2D eigenvalue weighted by Crippen LogP contribution is 2.27. The van der Waals surface area contributed by atoms with E-state index in [0.29, 0.717) is 38.6 Å². The molecule has 1 aromatic carbocycles. The van der Waals surface area contributed by atoms with E-state index in [1.807, 2.05) is 6.92 Å². The van der Waals surface area contributed by atoms with E-state index in [1.54, 1.807) is 23.1 Å². The van der Waals surface area contributed by atoms with E-state index in [1.165, 1.54) is 6.07 Å². The standard InChI is InChI=1S/C18H25NO5S/c1-2-13-25(21,22)16-6-4-3-5-15(16)17(20)19-9-7-14(8-10-19)18-23-11-12-24-18/h3-6,14,18H,2,7-13H2,1H3. The molecule has 0 bridgehead atoms. The van der Waals surface area contributed by atoms with Gasteiger partial charge >= 0.3 is 0 Å². The first-order chi connectivity index (χ1) is 12.0. The second-order valence-corrected chi connectivity index (χ2v) is 8.63. The maximum absolute atomic E-state index is 12.9. The van der Waals surface area contributed by atoms with Gasteiger partial charge in [0.2, 0.25) is 0 Å². The summed E-state index contributed by atoms with van der Waals surface area (Å²) in [5.41, 5.74) is 0.280. The lowest BCUT2D eigenvalue weighted by Gasteiger charge is -2.34. The first-order valence-electron chi connectivity index (χ1n) is 8.87. The van der Waals surface area contributed by atoms with Gasteiger partial charge in [-0.1, -0.05) is 19.1 Å². The maximum atomic E-state index is 12.9. The molecule has 0 unspecified atom stereocenters. The summed E-state index contributed by atoms with van der Waals surface area (Å²) in [4.78, 5) is 14.8. The highest BCUT2D eigenvalue weighted by molar-refractivity contribution is 7.91. The fourth-order valence-corrected chi connectivity index (χ4v) is 5.02. The van der Waals surface area contributed by atoms with Crippen LogP contribution in [0.25, 0.3) is 0 Å². The maximum Gasteiger partial charge on any atom is 0.255 e. The molecule has 2 aliphatic rings. The lowest BCUT2D eigenvalue weighted by atomic mass is 9.95. The van der Waals surface area contributed by atoms with Crippen molar-refractivity contribution in [2.24, 2.45) is 5.92 Å². The normalized spacial score (nSPS) is 20.1. The average molecular weight is 367 g/mol. The minimum Gasteiger partial charge on any atom is -0.350 e. The van der Waals surface area contributed by atoms with Crippen molar-refractivity contribution in [2.75, 3.05) is 32.1 Å². The molecule has 2 saturated heterocycles. The van der Waals surface area contributed by atoms with Crippen LogP contribution < -0.4 is 0 Å². The molecular weight excluding hydrogens is 342 g/mol. The van der Waals surface area contributed by atoms with Gasteiger partial charge in [-0.3, -0.25) is 4.79 Å². The van der Waals surface area contributed by atoms with Crippen molar-refractivity contribution < 1.29 is 22.7 Å². The Kier molecular flexibility index (Phi) is 5.76. The van der Waals surface area contributed by atoms with E-state index in [-0.39, 0.29) is 28.4 Å². The Bertz CT molecular complexity index is 704. The number of hydrogen-bond acceptors (Lipinski definition) is 5. The Morgan fingerprint density at radius 2 is 1.80 bits per heavy atom. The summed E-state index contributed by atoms with van der Waals surface area (Å²) in [7, 11) is -3.44. The van der Waals surface area contributed by atoms with Gasteiger partial charge < -0.3 is 14.4 Å². The third kappa shape index (κ3) is 4.04. The molecule has 1 aromatic rings. The number of carbonyl (C=O) groups is 1. The molecular formula is C18H25NO5S. The van der Waals surface area contributed by atoms with Crippen LogP contribution in [0.2, 0.25) is 0 Å².